The predicted molar refractivity (Wildman–Crippen MR) is 177 cm³/mol. The summed E-state index contributed by atoms with van der Waals surface area (Å²) in [4.78, 5) is 24.4. The molecule has 6 nitrogen and oxygen atoms in total. The number of benzene rings is 4. The quantitative estimate of drug-likeness (QED) is 0.0698. The molecule has 212 valence electrons. The van der Waals surface area contributed by atoms with E-state index in [4.69, 9.17) is 31.4 Å². The number of nitrogens with zero attached hydrogens (tertiary/aromatic N) is 4. The summed E-state index contributed by atoms with van der Waals surface area (Å²) in [6, 6.07) is 32.2. The van der Waals surface area contributed by atoms with Gasteiger partial charge in [0, 0.05) is 20.6 Å². The van der Waals surface area contributed by atoms with Crippen LogP contribution < -0.4 is 4.74 Å². The highest BCUT2D eigenvalue weighted by Crippen LogP contribution is 2.36. The lowest BCUT2D eigenvalue weighted by atomic mass is 10.1. The minimum Gasteiger partial charge on any atom is -0.497 e. The molecule has 6 aromatic rings. The first-order valence-electron chi connectivity index (χ1n) is 13.3. The van der Waals surface area contributed by atoms with E-state index in [1.807, 2.05) is 96.5 Å². The summed E-state index contributed by atoms with van der Waals surface area (Å²) in [5.74, 6) is 0.522. The highest BCUT2D eigenvalue weighted by molar-refractivity contribution is 9.10. The molecule has 0 atom stereocenters. The van der Waals surface area contributed by atoms with E-state index in [9.17, 15) is 4.79 Å². The summed E-state index contributed by atoms with van der Waals surface area (Å²) in [6.45, 7) is 1.95. The van der Waals surface area contributed by atoms with Gasteiger partial charge in [0.05, 0.1) is 34.5 Å². The van der Waals surface area contributed by atoms with E-state index < -0.39 is 0 Å². The van der Waals surface area contributed by atoms with Gasteiger partial charge in [-0.25, -0.2) is 14.6 Å². The van der Waals surface area contributed by atoms with Crippen LogP contribution in [0.2, 0.25) is 5.02 Å². The average Bonchev–Trinajstić information content (AvgIpc) is 3.38. The monoisotopic (exact) mass is 666 g/mol. The third-order valence-electron chi connectivity index (χ3n) is 6.75. The van der Waals surface area contributed by atoms with Gasteiger partial charge in [-0.1, -0.05) is 70.0 Å². The molecule has 0 radical (unpaired) electrons. The van der Waals surface area contributed by atoms with Crippen molar-refractivity contribution < 1.29 is 9.53 Å². The Bertz CT molecular complexity index is 1960. The van der Waals surface area contributed by atoms with E-state index >= 15 is 0 Å². The number of ketones is 1. The Kier molecular flexibility index (Phi) is 8.42. The van der Waals surface area contributed by atoms with Crippen LogP contribution in [-0.2, 0) is 0 Å². The Morgan fingerprint density at radius 2 is 1.60 bits per heavy atom. The second-order valence-corrected chi connectivity index (χ2v) is 12.0. The maximum absolute atomic E-state index is 13.9. The fourth-order valence-electron chi connectivity index (χ4n) is 4.61. The molecule has 0 aliphatic carbocycles. The van der Waals surface area contributed by atoms with Crippen molar-refractivity contribution in [2.24, 2.45) is 0 Å². The van der Waals surface area contributed by atoms with Crippen LogP contribution in [0.4, 0.5) is 0 Å². The molecular weight excluding hydrogens is 644 g/mol. The molecule has 0 N–H and O–H groups in total. The number of halogens is 2. The number of fused-ring (bicyclic) bond motifs is 1. The summed E-state index contributed by atoms with van der Waals surface area (Å²) in [5.41, 5.74) is 5.29. The molecule has 2 aromatic heterocycles. The van der Waals surface area contributed by atoms with E-state index in [0.29, 0.717) is 37.7 Å². The van der Waals surface area contributed by atoms with Crippen LogP contribution in [0.5, 0.6) is 5.75 Å². The number of aryl methyl sites for hydroxylation is 1. The van der Waals surface area contributed by atoms with Gasteiger partial charge in [-0.3, -0.25) is 4.79 Å². The Labute approximate surface area is 266 Å². The van der Waals surface area contributed by atoms with Crippen LogP contribution in [0.1, 0.15) is 21.6 Å². The number of ether oxygens (including phenoxy) is 1. The van der Waals surface area contributed by atoms with Crippen molar-refractivity contribution in [3.63, 3.8) is 0 Å². The number of carbonyl (C=O) groups excluding carboxylic acids is 1. The van der Waals surface area contributed by atoms with Gasteiger partial charge in [-0.15, -0.1) is 0 Å². The minimum atomic E-state index is -0.153. The molecule has 0 saturated carbocycles. The van der Waals surface area contributed by atoms with Crippen LogP contribution in [0.25, 0.3) is 34.1 Å². The number of Topliss-reactive ketones (excluding diaryl/α,β-unsaturated/α-hetero) is 1. The van der Waals surface area contributed by atoms with Crippen LogP contribution in [0.3, 0.4) is 0 Å². The van der Waals surface area contributed by atoms with Crippen molar-refractivity contribution in [1.82, 2.24) is 19.7 Å². The number of para-hydroxylation sites is 1. The molecule has 0 amide bonds. The molecule has 2 heterocycles. The Hall–Kier alpha value is -4.24. The predicted octanol–water partition coefficient (Wildman–Crippen LogP) is 9.23. The normalized spacial score (nSPS) is 11.6. The number of allylic oxidation sites excluding steroid dienone is 1. The van der Waals surface area contributed by atoms with Crippen molar-refractivity contribution in [1.29, 1.82) is 0 Å². The molecule has 43 heavy (non-hydrogen) atoms. The summed E-state index contributed by atoms with van der Waals surface area (Å²) in [6.07, 6.45) is 1.86. The standard InChI is InChI=1S/C34H24BrClN4O2S/c1-21-30-31(23-10-16-26(36)17-11-23)37-34(38-33(30)40(39-21)27-6-4-3-5-7-27)43-29(20-22-8-14-25(35)15-9-22)32(41)24-12-18-28(42-2)19-13-24/h3-20H,1-2H3. The van der Waals surface area contributed by atoms with Gasteiger partial charge < -0.3 is 4.74 Å². The number of thioether (sulfide) groups is 1. The molecule has 4 aromatic carbocycles. The Morgan fingerprint density at radius 3 is 2.28 bits per heavy atom. The summed E-state index contributed by atoms with van der Waals surface area (Å²) in [7, 11) is 1.60. The van der Waals surface area contributed by atoms with Crippen LogP contribution >= 0.6 is 39.3 Å². The number of rotatable bonds is 8. The van der Waals surface area contributed by atoms with Crippen molar-refractivity contribution in [3.05, 3.63) is 134 Å². The smallest absolute Gasteiger partial charge is 0.199 e. The van der Waals surface area contributed by atoms with Gasteiger partial charge in [0.1, 0.15) is 5.75 Å². The average molecular weight is 668 g/mol. The van der Waals surface area contributed by atoms with E-state index in [1.165, 1.54) is 11.8 Å². The maximum Gasteiger partial charge on any atom is 0.199 e. The highest BCUT2D eigenvalue weighted by atomic mass is 79.9. The summed E-state index contributed by atoms with van der Waals surface area (Å²) in [5, 5.41) is 6.72. The first kappa shape index (κ1) is 28.9. The zero-order valence-electron chi connectivity index (χ0n) is 23.2. The number of hydrogen-bond acceptors (Lipinski definition) is 6. The molecule has 0 aliphatic rings. The topological polar surface area (TPSA) is 69.9 Å². The van der Waals surface area contributed by atoms with Crippen LogP contribution in [0, 0.1) is 6.92 Å². The molecule has 0 spiro atoms. The minimum absolute atomic E-state index is 0.153. The first-order valence-corrected chi connectivity index (χ1v) is 15.3. The van der Waals surface area contributed by atoms with Crippen molar-refractivity contribution in [2.45, 2.75) is 12.1 Å². The molecule has 9 heteroatoms. The van der Waals surface area contributed by atoms with Gasteiger partial charge >= 0.3 is 0 Å². The van der Waals surface area contributed by atoms with Crippen molar-refractivity contribution >= 4 is 62.2 Å². The molecular formula is C34H24BrClN4O2S. The van der Waals surface area contributed by atoms with E-state index in [-0.39, 0.29) is 5.78 Å². The van der Waals surface area contributed by atoms with Gasteiger partial charge in [0.15, 0.2) is 16.6 Å². The van der Waals surface area contributed by atoms with Crippen molar-refractivity contribution in [2.75, 3.05) is 7.11 Å². The third-order valence-corrected chi connectivity index (χ3v) is 8.41. The molecule has 0 bridgehead atoms. The highest BCUT2D eigenvalue weighted by Gasteiger charge is 2.22. The molecule has 6 rings (SSSR count). The van der Waals surface area contributed by atoms with Crippen LogP contribution in [-0.4, -0.2) is 32.6 Å². The lowest BCUT2D eigenvalue weighted by Crippen LogP contribution is -2.04. The largest absolute Gasteiger partial charge is 0.497 e. The van der Waals surface area contributed by atoms with E-state index in [0.717, 1.165) is 32.4 Å². The Morgan fingerprint density at radius 1 is 0.907 bits per heavy atom. The third kappa shape index (κ3) is 6.27. The lowest BCUT2D eigenvalue weighted by Gasteiger charge is -2.11. The van der Waals surface area contributed by atoms with Crippen molar-refractivity contribution in [3.8, 4) is 22.7 Å². The van der Waals surface area contributed by atoms with E-state index in [2.05, 4.69) is 15.9 Å². The lowest BCUT2D eigenvalue weighted by molar-refractivity contribution is 0.104. The zero-order valence-corrected chi connectivity index (χ0v) is 26.3. The number of aromatic nitrogens is 4. The number of methoxy groups -OCH3 is 1. The first-order chi connectivity index (χ1) is 20.9. The van der Waals surface area contributed by atoms with Crippen LogP contribution in [0.15, 0.2) is 118 Å². The fraction of sp³-hybridized carbons (Fsp3) is 0.0588. The van der Waals surface area contributed by atoms with Gasteiger partial charge in [-0.05, 0) is 91.0 Å². The summed E-state index contributed by atoms with van der Waals surface area (Å²) >= 11 is 10.9. The SMILES string of the molecule is COc1ccc(C(=O)C(=Cc2ccc(Br)cc2)Sc2nc(-c3ccc(Cl)cc3)c3c(C)nn(-c4ccccc4)c3n2)cc1. The number of hydrogen-bond donors (Lipinski definition) is 0. The van der Waals surface area contributed by atoms with Gasteiger partial charge in [-0.2, -0.15) is 5.10 Å². The molecule has 0 fully saturated rings. The zero-order chi connectivity index (χ0) is 29.9. The Balaban J connectivity index is 1.52. The fourth-order valence-corrected chi connectivity index (χ4v) is 5.87. The maximum atomic E-state index is 13.9. The number of carbonyl (C=O) groups is 1. The molecule has 0 aliphatic heterocycles. The second-order valence-electron chi connectivity index (χ2n) is 9.61. The van der Waals surface area contributed by atoms with E-state index in [1.54, 1.807) is 31.4 Å². The van der Waals surface area contributed by atoms with Gasteiger partial charge in [0.2, 0.25) is 0 Å². The van der Waals surface area contributed by atoms with Gasteiger partial charge in [0.25, 0.3) is 0 Å². The summed E-state index contributed by atoms with van der Waals surface area (Å²) < 4.78 is 8.06. The molecule has 0 saturated heterocycles. The second kappa shape index (κ2) is 12.6. The molecule has 0 unspecified atom stereocenters.